The molecule has 90 valence electrons. The van der Waals surface area contributed by atoms with Crippen LogP contribution in [-0.4, -0.2) is 25.7 Å². The summed E-state index contributed by atoms with van der Waals surface area (Å²) < 4.78 is 1.41. The van der Waals surface area contributed by atoms with Crippen molar-refractivity contribution in [3.05, 3.63) is 35.2 Å². The van der Waals surface area contributed by atoms with Crippen LogP contribution in [-0.2, 0) is 6.42 Å². The first-order chi connectivity index (χ1) is 8.43. The zero-order valence-corrected chi connectivity index (χ0v) is 10.7. The second-order valence-corrected chi connectivity index (χ2v) is 5.56. The van der Waals surface area contributed by atoms with Gasteiger partial charge in [-0.3, -0.25) is 0 Å². The largest absolute Gasteiger partial charge is 0.315 e. The van der Waals surface area contributed by atoms with Crippen LogP contribution in [0.1, 0.15) is 12.0 Å². The van der Waals surface area contributed by atoms with E-state index in [1.807, 2.05) is 11.3 Å². The highest BCUT2D eigenvalue weighted by atomic mass is 32.1. The molecular weight excluding hydrogens is 228 g/mol. The van der Waals surface area contributed by atoms with Crippen LogP contribution in [0.4, 0.5) is 0 Å². The van der Waals surface area contributed by atoms with Crippen LogP contribution in [0.3, 0.4) is 0 Å². The topological polar surface area (TPSA) is 24.1 Å². The van der Waals surface area contributed by atoms with E-state index in [2.05, 4.69) is 40.3 Å². The molecule has 2 heterocycles. The number of nitrogens with one attached hydrogen (secondary N) is 2. The van der Waals surface area contributed by atoms with Gasteiger partial charge in [-0.2, -0.15) is 0 Å². The third-order valence-electron chi connectivity index (χ3n) is 3.45. The third kappa shape index (κ3) is 2.51. The Morgan fingerprint density at radius 2 is 2.29 bits per heavy atom. The van der Waals surface area contributed by atoms with Crippen LogP contribution in [0.2, 0.25) is 0 Å². The summed E-state index contributed by atoms with van der Waals surface area (Å²) in [7, 11) is 0. The van der Waals surface area contributed by atoms with Crippen molar-refractivity contribution < 1.29 is 0 Å². The van der Waals surface area contributed by atoms with Gasteiger partial charge in [0.25, 0.3) is 0 Å². The predicted octanol–water partition coefficient (Wildman–Crippen LogP) is 2.40. The Bertz CT molecular complexity index is 486. The molecule has 0 bridgehead atoms. The van der Waals surface area contributed by atoms with E-state index in [0.717, 1.165) is 19.5 Å². The number of rotatable bonds is 4. The fraction of sp³-hybridized carbons (Fsp3) is 0.429. The predicted molar refractivity (Wildman–Crippen MR) is 74.8 cm³/mol. The summed E-state index contributed by atoms with van der Waals surface area (Å²) in [6.45, 7) is 3.39. The maximum atomic E-state index is 3.63. The Morgan fingerprint density at radius 1 is 1.35 bits per heavy atom. The molecule has 2 aromatic rings. The summed E-state index contributed by atoms with van der Waals surface area (Å²) in [4.78, 5) is 0. The molecule has 0 radical (unpaired) electrons. The van der Waals surface area contributed by atoms with Gasteiger partial charge in [-0.05, 0) is 48.3 Å². The van der Waals surface area contributed by atoms with Gasteiger partial charge < -0.3 is 10.6 Å². The Labute approximate surface area is 106 Å². The average Bonchev–Trinajstić information content (AvgIpc) is 2.99. The lowest BCUT2D eigenvalue weighted by Crippen LogP contribution is -2.32. The van der Waals surface area contributed by atoms with Crippen LogP contribution in [0, 0.1) is 0 Å². The number of benzene rings is 1. The van der Waals surface area contributed by atoms with Crippen molar-refractivity contribution in [3.8, 4) is 0 Å². The maximum Gasteiger partial charge on any atom is 0.0345 e. The fourth-order valence-corrected chi connectivity index (χ4v) is 3.46. The second kappa shape index (κ2) is 5.17. The van der Waals surface area contributed by atoms with Gasteiger partial charge in [-0.1, -0.05) is 18.2 Å². The molecule has 3 rings (SSSR count). The van der Waals surface area contributed by atoms with E-state index < -0.39 is 0 Å². The molecule has 1 unspecified atom stereocenters. The highest BCUT2D eigenvalue weighted by molar-refractivity contribution is 7.17. The lowest BCUT2D eigenvalue weighted by molar-refractivity contribution is 0.551. The van der Waals surface area contributed by atoms with Gasteiger partial charge >= 0.3 is 0 Å². The third-order valence-corrected chi connectivity index (χ3v) is 4.46. The summed E-state index contributed by atoms with van der Waals surface area (Å²) in [5, 5.41) is 10.8. The molecule has 0 saturated carbocycles. The molecule has 1 saturated heterocycles. The van der Waals surface area contributed by atoms with Crippen molar-refractivity contribution >= 4 is 21.4 Å². The van der Waals surface area contributed by atoms with E-state index in [1.165, 1.54) is 28.6 Å². The minimum absolute atomic E-state index is 0.680. The van der Waals surface area contributed by atoms with E-state index in [1.54, 1.807) is 0 Å². The zero-order chi connectivity index (χ0) is 11.5. The van der Waals surface area contributed by atoms with E-state index in [0.29, 0.717) is 6.04 Å². The molecule has 0 spiro atoms. The summed E-state index contributed by atoms with van der Waals surface area (Å²) in [5.74, 6) is 0. The van der Waals surface area contributed by atoms with E-state index in [9.17, 15) is 0 Å². The number of fused-ring (bicyclic) bond motifs is 1. The molecule has 0 amide bonds. The highest BCUT2D eigenvalue weighted by Gasteiger charge is 2.13. The van der Waals surface area contributed by atoms with Crippen LogP contribution in [0.15, 0.2) is 29.6 Å². The Kier molecular flexibility index (Phi) is 3.41. The zero-order valence-electron chi connectivity index (χ0n) is 9.91. The first-order valence-electron chi connectivity index (χ1n) is 6.33. The molecule has 1 aliphatic rings. The van der Waals surface area contributed by atoms with Crippen molar-refractivity contribution in [2.45, 2.75) is 18.9 Å². The molecule has 0 aliphatic carbocycles. The molecule has 17 heavy (non-hydrogen) atoms. The van der Waals surface area contributed by atoms with Crippen molar-refractivity contribution in [3.63, 3.8) is 0 Å². The molecule has 2 nitrogen and oxygen atoms in total. The Balaban J connectivity index is 1.60. The highest BCUT2D eigenvalue weighted by Crippen LogP contribution is 2.25. The number of hydrogen-bond acceptors (Lipinski definition) is 3. The minimum Gasteiger partial charge on any atom is -0.315 e. The van der Waals surface area contributed by atoms with E-state index >= 15 is 0 Å². The lowest BCUT2D eigenvalue weighted by atomic mass is 10.1. The fourth-order valence-electron chi connectivity index (χ4n) is 2.47. The van der Waals surface area contributed by atoms with Crippen molar-refractivity contribution in [2.75, 3.05) is 19.6 Å². The van der Waals surface area contributed by atoms with Crippen molar-refractivity contribution in [2.24, 2.45) is 0 Å². The standard InChI is InChI=1S/C14H18N2S/c1-2-4-14-13(3-1)11(10-17-14)5-8-16-12-6-7-15-9-12/h1-4,10,12,15-16H,5-9H2. The number of thiophene rings is 1. The van der Waals surface area contributed by atoms with Crippen molar-refractivity contribution in [1.29, 1.82) is 0 Å². The van der Waals surface area contributed by atoms with Gasteiger partial charge in [0.15, 0.2) is 0 Å². The molecular formula is C14H18N2S. The molecule has 1 aliphatic heterocycles. The molecule has 1 atom stereocenters. The molecule has 3 heteroatoms. The lowest BCUT2D eigenvalue weighted by Gasteiger charge is -2.10. The average molecular weight is 246 g/mol. The normalized spacial score (nSPS) is 20.1. The quantitative estimate of drug-likeness (QED) is 0.865. The summed E-state index contributed by atoms with van der Waals surface area (Å²) >= 11 is 1.86. The molecule has 1 fully saturated rings. The van der Waals surface area contributed by atoms with Gasteiger partial charge in [0, 0.05) is 17.3 Å². The first kappa shape index (κ1) is 11.2. The number of hydrogen-bond donors (Lipinski definition) is 2. The van der Waals surface area contributed by atoms with Crippen molar-refractivity contribution in [1.82, 2.24) is 10.6 Å². The molecule has 1 aromatic heterocycles. The molecule has 1 aromatic carbocycles. The van der Waals surface area contributed by atoms with Gasteiger partial charge in [-0.15, -0.1) is 11.3 Å². The van der Waals surface area contributed by atoms with Crippen LogP contribution in [0.25, 0.3) is 10.1 Å². The molecule has 2 N–H and O–H groups in total. The van der Waals surface area contributed by atoms with E-state index in [4.69, 9.17) is 0 Å². The van der Waals surface area contributed by atoms with Crippen LogP contribution < -0.4 is 10.6 Å². The maximum absolute atomic E-state index is 3.63. The van der Waals surface area contributed by atoms with Crippen LogP contribution >= 0.6 is 11.3 Å². The SMILES string of the molecule is c1ccc2c(CCNC3CCNC3)csc2c1. The van der Waals surface area contributed by atoms with Gasteiger partial charge in [0.2, 0.25) is 0 Å². The minimum atomic E-state index is 0.680. The Morgan fingerprint density at radius 3 is 3.18 bits per heavy atom. The van der Waals surface area contributed by atoms with Gasteiger partial charge in [0.1, 0.15) is 0 Å². The monoisotopic (exact) mass is 246 g/mol. The van der Waals surface area contributed by atoms with Gasteiger partial charge in [-0.25, -0.2) is 0 Å². The summed E-state index contributed by atoms with van der Waals surface area (Å²) in [6.07, 6.45) is 2.41. The smallest absolute Gasteiger partial charge is 0.0345 e. The first-order valence-corrected chi connectivity index (χ1v) is 7.20. The van der Waals surface area contributed by atoms with E-state index in [-0.39, 0.29) is 0 Å². The van der Waals surface area contributed by atoms with Crippen LogP contribution in [0.5, 0.6) is 0 Å². The Hall–Kier alpha value is -0.900. The summed E-state index contributed by atoms with van der Waals surface area (Å²) in [5.41, 5.74) is 1.49. The van der Waals surface area contributed by atoms with Gasteiger partial charge in [0.05, 0.1) is 0 Å². The summed E-state index contributed by atoms with van der Waals surface area (Å²) in [6, 6.07) is 9.37. The second-order valence-electron chi connectivity index (χ2n) is 4.65.